The number of anilines is 1. The Morgan fingerprint density at radius 2 is 1.77 bits per heavy atom. The predicted octanol–water partition coefficient (Wildman–Crippen LogP) is 5.49. The van der Waals surface area contributed by atoms with E-state index in [4.69, 9.17) is 9.84 Å². The summed E-state index contributed by atoms with van der Waals surface area (Å²) < 4.78 is 47.7. The molecule has 0 bridgehead atoms. The molecule has 3 aliphatic rings. The van der Waals surface area contributed by atoms with Gasteiger partial charge in [0.2, 0.25) is 5.91 Å². The number of aromatic nitrogens is 2. The van der Waals surface area contributed by atoms with Crippen molar-refractivity contribution in [3.63, 3.8) is 0 Å². The topological polar surface area (TPSA) is 109 Å². The van der Waals surface area contributed by atoms with Gasteiger partial charge in [-0.15, -0.1) is 0 Å². The molecule has 4 heterocycles. The third-order valence-electron chi connectivity index (χ3n) is 10.0. The minimum absolute atomic E-state index is 0. The van der Waals surface area contributed by atoms with Gasteiger partial charge in [-0.2, -0.15) is 18.3 Å². The van der Waals surface area contributed by atoms with Crippen molar-refractivity contribution >= 4 is 23.5 Å². The van der Waals surface area contributed by atoms with Crippen LogP contribution in [-0.2, 0) is 27.0 Å². The highest BCUT2D eigenvalue weighted by Gasteiger charge is 2.49. The number of alkyl halides is 3. The minimum Gasteiger partial charge on any atom is -0.380 e. The largest absolute Gasteiger partial charge is 0.416 e. The zero-order chi connectivity index (χ0) is 36.8. The fourth-order valence-corrected chi connectivity index (χ4v) is 7.49. The van der Waals surface area contributed by atoms with Gasteiger partial charge in [-0.05, 0) is 55.3 Å². The van der Waals surface area contributed by atoms with Gasteiger partial charge in [0.1, 0.15) is 11.9 Å². The monoisotopic (exact) mass is 716 g/mol. The van der Waals surface area contributed by atoms with Crippen LogP contribution < -0.4 is 15.5 Å². The van der Waals surface area contributed by atoms with Crippen molar-refractivity contribution in [2.75, 3.05) is 44.3 Å². The highest BCUT2D eigenvalue weighted by Crippen LogP contribution is 2.44. The van der Waals surface area contributed by atoms with Gasteiger partial charge in [0, 0.05) is 63.6 Å². The van der Waals surface area contributed by atoms with Crippen molar-refractivity contribution in [2.45, 2.75) is 38.5 Å². The van der Waals surface area contributed by atoms with E-state index in [2.05, 4.69) is 22.1 Å². The van der Waals surface area contributed by atoms with Crippen LogP contribution in [0.25, 0.3) is 5.69 Å². The predicted molar refractivity (Wildman–Crippen MR) is 192 cm³/mol. The molecule has 7 rings (SSSR count). The first-order valence-corrected chi connectivity index (χ1v) is 17.2. The first kappa shape index (κ1) is 35.1. The molecule has 4 aromatic rings. The van der Waals surface area contributed by atoms with E-state index in [9.17, 15) is 27.6 Å². The fourth-order valence-electron chi connectivity index (χ4n) is 7.49. The average Bonchev–Trinajstić information content (AvgIpc) is 3.44. The molecule has 0 saturated carbocycles. The first-order chi connectivity index (χ1) is 24.9. The maximum atomic E-state index is 14.5. The summed E-state index contributed by atoms with van der Waals surface area (Å²) in [5.41, 5.74) is 2.94. The normalized spacial score (nSPS) is 19.4. The van der Waals surface area contributed by atoms with Gasteiger partial charge in [-0.3, -0.25) is 24.2 Å². The molecule has 2 N–H and O–H groups in total. The quantitative estimate of drug-likeness (QED) is 0.210. The third-order valence-corrected chi connectivity index (χ3v) is 10.0. The molecule has 10 nitrogen and oxygen atoms in total. The maximum Gasteiger partial charge on any atom is 0.416 e. The van der Waals surface area contributed by atoms with Crippen molar-refractivity contribution in [1.29, 1.82) is 0 Å². The summed E-state index contributed by atoms with van der Waals surface area (Å²) in [6, 6.07) is 19.6. The minimum atomic E-state index is -4.65. The first-order valence-electron chi connectivity index (χ1n) is 17.2. The van der Waals surface area contributed by atoms with Crippen LogP contribution in [0.4, 0.5) is 19.0 Å². The molecule has 1 spiro atoms. The number of para-hydroxylation sites is 1. The van der Waals surface area contributed by atoms with Crippen LogP contribution in [0, 0.1) is 12.3 Å². The molecular weight excluding hydrogens is 673 g/mol. The summed E-state index contributed by atoms with van der Waals surface area (Å²) in [5.74, 6) is -1.74. The number of carbonyl (C=O) groups is 3. The lowest BCUT2D eigenvalue weighted by Crippen LogP contribution is -2.66. The molecule has 13 heteroatoms. The smallest absolute Gasteiger partial charge is 0.380 e. The molecular formula is C39H43F3N6O4. The van der Waals surface area contributed by atoms with Crippen molar-refractivity contribution < 1.29 is 35.1 Å². The number of carbonyl (C=O) groups excluding carboxylic acids is 3. The summed E-state index contributed by atoms with van der Waals surface area (Å²) in [5, 5.41) is 10.6. The number of amides is 3. The van der Waals surface area contributed by atoms with Crippen molar-refractivity contribution in [3.8, 4) is 5.69 Å². The van der Waals surface area contributed by atoms with Gasteiger partial charge in [-0.25, -0.2) is 4.68 Å². The summed E-state index contributed by atoms with van der Waals surface area (Å²) >= 11 is 0. The molecule has 1 aromatic heterocycles. The lowest BCUT2D eigenvalue weighted by atomic mass is 9.78. The fraction of sp³-hybridized carbons (Fsp3) is 0.333. The van der Waals surface area contributed by atoms with Crippen LogP contribution in [0.5, 0.6) is 0 Å². The molecule has 2 fully saturated rings. The molecule has 3 amide bonds. The third kappa shape index (κ3) is 6.61. The van der Waals surface area contributed by atoms with E-state index >= 15 is 0 Å². The lowest BCUT2D eigenvalue weighted by Gasteiger charge is -2.55. The number of nitrogens with zero attached hydrogens (tertiary/aromatic N) is 4. The van der Waals surface area contributed by atoms with Gasteiger partial charge in [-0.1, -0.05) is 55.1 Å². The Labute approximate surface area is 302 Å². The van der Waals surface area contributed by atoms with E-state index in [0.29, 0.717) is 34.8 Å². The summed E-state index contributed by atoms with van der Waals surface area (Å²) in [6.45, 7) is 11.8. The molecule has 2 saturated heterocycles. The number of halogens is 3. The molecule has 0 radical (unpaired) electrons. The van der Waals surface area contributed by atoms with E-state index in [1.165, 1.54) is 6.07 Å². The number of ether oxygens (including phenoxy) is 1. The zero-order valence-corrected chi connectivity index (χ0v) is 28.9. The average molecular weight is 717 g/mol. The molecule has 3 aromatic carbocycles. The molecule has 274 valence electrons. The number of likely N-dealkylation sites (N-methyl/N-ethyl adjacent to an activating group) is 1. The van der Waals surface area contributed by atoms with Gasteiger partial charge < -0.3 is 15.4 Å². The molecule has 2 atom stereocenters. The SMILES string of the molecule is C=C(CN1CC2(COC2)C1)C(=O)NCc1cccc([C@H]2c3c(C)nn(-c4ccccc4)c3N(CC)C(=O)[C@@H]2NC(=O)c2cccc(C(F)(F)F)c2)c1.[HH].[HH]. The van der Waals surface area contributed by atoms with Crippen LogP contribution in [0.1, 0.15) is 54.0 Å². The summed E-state index contributed by atoms with van der Waals surface area (Å²) in [6.07, 6.45) is -4.65. The zero-order valence-electron chi connectivity index (χ0n) is 28.9. The molecule has 0 unspecified atom stereocenters. The van der Waals surface area contributed by atoms with Crippen LogP contribution in [-0.4, -0.2) is 77.8 Å². The number of fused-ring (bicyclic) bond motifs is 1. The Kier molecular flexibility index (Phi) is 9.26. The maximum absolute atomic E-state index is 14.5. The van der Waals surface area contributed by atoms with E-state index in [1.54, 1.807) is 9.58 Å². The van der Waals surface area contributed by atoms with Crippen LogP contribution in [0.2, 0.25) is 0 Å². The number of rotatable bonds is 10. The lowest BCUT2D eigenvalue weighted by molar-refractivity contribution is -0.186. The number of benzene rings is 3. The van der Waals surface area contributed by atoms with E-state index < -0.39 is 35.5 Å². The number of nitrogens with one attached hydrogen (secondary N) is 2. The Balaban J connectivity index is 0.00000280. The Hall–Kier alpha value is -5.27. The highest BCUT2D eigenvalue weighted by molar-refractivity contribution is 6.05. The van der Waals surface area contributed by atoms with E-state index in [0.717, 1.165) is 55.8 Å². The number of aryl methyl sites for hydroxylation is 1. The summed E-state index contributed by atoms with van der Waals surface area (Å²) in [7, 11) is 0. The second-order valence-corrected chi connectivity index (χ2v) is 13.8. The highest BCUT2D eigenvalue weighted by atomic mass is 19.4. The second-order valence-electron chi connectivity index (χ2n) is 13.8. The van der Waals surface area contributed by atoms with E-state index in [1.807, 2.05) is 68.4 Å². The van der Waals surface area contributed by atoms with Crippen molar-refractivity contribution in [2.24, 2.45) is 5.41 Å². The van der Waals surface area contributed by atoms with Crippen LogP contribution >= 0.6 is 0 Å². The molecule has 0 aliphatic carbocycles. The van der Waals surface area contributed by atoms with Gasteiger partial charge in [0.05, 0.1) is 30.2 Å². The van der Waals surface area contributed by atoms with E-state index in [-0.39, 0.29) is 32.8 Å². The Morgan fingerprint density at radius 3 is 2.44 bits per heavy atom. The second kappa shape index (κ2) is 13.7. The Bertz CT molecular complexity index is 2050. The number of likely N-dealkylation sites (tertiary alicyclic amines) is 1. The molecule has 3 aliphatic heterocycles. The summed E-state index contributed by atoms with van der Waals surface area (Å²) in [4.78, 5) is 44.9. The van der Waals surface area contributed by atoms with Gasteiger partial charge >= 0.3 is 6.18 Å². The number of hydrogen-bond acceptors (Lipinski definition) is 6. The van der Waals surface area contributed by atoms with Gasteiger partial charge in [0.25, 0.3) is 11.8 Å². The Morgan fingerprint density at radius 1 is 1.04 bits per heavy atom. The van der Waals surface area contributed by atoms with Crippen molar-refractivity contribution in [1.82, 2.24) is 25.3 Å². The van der Waals surface area contributed by atoms with Crippen LogP contribution in [0.3, 0.4) is 0 Å². The number of hydrogen-bond donors (Lipinski definition) is 2. The standard InChI is InChI=1S/C39H39F3N6O4.2H2/c1-4-47-36-31(25(3)45-48(36)30-14-6-5-7-15-30)32(33(37(47)51)44-35(50)28-12-9-13-29(17-28)39(40,41)42)27-11-8-10-26(16-27)18-43-34(49)24(2)19-46-20-38(21-46)22-52-23-38;;/h5-17,32-33H,2,4,18-23H2,1,3H3,(H,43,49)(H,44,50);2*1H/t32-,33+;;/m0../s1. The van der Waals surface area contributed by atoms with Gasteiger partial charge in [0.15, 0.2) is 0 Å². The molecule has 52 heavy (non-hydrogen) atoms. The van der Waals surface area contributed by atoms with Crippen molar-refractivity contribution in [3.05, 3.63) is 125 Å². The van der Waals surface area contributed by atoms with Crippen LogP contribution in [0.15, 0.2) is 91.0 Å².